The van der Waals surface area contributed by atoms with E-state index in [9.17, 15) is 13.6 Å². The van der Waals surface area contributed by atoms with Crippen LogP contribution in [0.1, 0.15) is 34.8 Å². The van der Waals surface area contributed by atoms with Gasteiger partial charge in [0, 0.05) is 18.2 Å². The third-order valence-electron chi connectivity index (χ3n) is 3.28. The van der Waals surface area contributed by atoms with Crippen LogP contribution in [0.25, 0.3) is 0 Å². The predicted molar refractivity (Wildman–Crippen MR) is 79.3 cm³/mol. The van der Waals surface area contributed by atoms with Crippen LogP contribution in [0.3, 0.4) is 0 Å². The molecular weight excluding hydrogens is 288 g/mol. The third kappa shape index (κ3) is 4.36. The zero-order valence-electron chi connectivity index (χ0n) is 11.9. The van der Waals surface area contributed by atoms with Crippen molar-refractivity contribution in [2.45, 2.75) is 18.9 Å². The van der Waals surface area contributed by atoms with E-state index in [0.29, 0.717) is 12.8 Å². The molecule has 0 bridgehead atoms. The van der Waals surface area contributed by atoms with Crippen molar-refractivity contribution in [3.8, 4) is 0 Å². The summed E-state index contributed by atoms with van der Waals surface area (Å²) in [5.74, 6) is -2.14. The van der Waals surface area contributed by atoms with Gasteiger partial charge in [0.1, 0.15) is 11.6 Å². The largest absolute Gasteiger partial charge is 0.396 e. The number of aliphatic hydroxyl groups excluding tert-OH is 1. The van der Waals surface area contributed by atoms with Crippen LogP contribution in [0.4, 0.5) is 8.78 Å². The first-order chi connectivity index (χ1) is 10.6. The van der Waals surface area contributed by atoms with Gasteiger partial charge in [0.15, 0.2) is 0 Å². The van der Waals surface area contributed by atoms with Crippen molar-refractivity contribution < 1.29 is 18.7 Å². The lowest BCUT2D eigenvalue weighted by atomic mass is 10.0. The molecule has 0 aliphatic heterocycles. The Bertz CT molecular complexity index is 612. The quantitative estimate of drug-likeness (QED) is 0.861. The monoisotopic (exact) mass is 305 g/mol. The first-order valence-corrected chi connectivity index (χ1v) is 7.03. The Morgan fingerprint density at radius 2 is 1.73 bits per heavy atom. The number of halogens is 2. The summed E-state index contributed by atoms with van der Waals surface area (Å²) in [7, 11) is 0. The van der Waals surface area contributed by atoms with Gasteiger partial charge in [-0.25, -0.2) is 8.78 Å². The van der Waals surface area contributed by atoms with Crippen LogP contribution in [0.2, 0.25) is 0 Å². The number of carbonyl (C=O) groups is 1. The highest BCUT2D eigenvalue weighted by atomic mass is 19.1. The molecule has 2 aromatic carbocycles. The smallest absolute Gasteiger partial charge is 0.251 e. The molecule has 0 fully saturated rings. The average molecular weight is 305 g/mol. The van der Waals surface area contributed by atoms with Crippen molar-refractivity contribution in [1.29, 1.82) is 0 Å². The van der Waals surface area contributed by atoms with Gasteiger partial charge < -0.3 is 10.4 Å². The van der Waals surface area contributed by atoms with Crippen molar-refractivity contribution in [1.82, 2.24) is 5.32 Å². The molecule has 2 aromatic rings. The summed E-state index contributed by atoms with van der Waals surface area (Å²) in [6.07, 6.45) is 1.04. The zero-order valence-corrected chi connectivity index (χ0v) is 11.9. The fourth-order valence-electron chi connectivity index (χ4n) is 2.23. The summed E-state index contributed by atoms with van der Waals surface area (Å²) in [5.41, 5.74) is 0.809. The maximum Gasteiger partial charge on any atom is 0.251 e. The molecular formula is C17H17F2NO2. The second kappa shape index (κ2) is 7.66. The molecule has 116 valence electrons. The Morgan fingerprint density at radius 3 is 2.32 bits per heavy atom. The molecule has 1 atom stereocenters. The van der Waals surface area contributed by atoms with E-state index in [0.717, 1.165) is 23.8 Å². The zero-order chi connectivity index (χ0) is 15.9. The van der Waals surface area contributed by atoms with Crippen LogP contribution in [0.5, 0.6) is 0 Å². The summed E-state index contributed by atoms with van der Waals surface area (Å²) >= 11 is 0. The Labute approximate surface area is 127 Å². The number of nitrogens with one attached hydrogen (secondary N) is 1. The van der Waals surface area contributed by atoms with E-state index in [4.69, 9.17) is 5.11 Å². The van der Waals surface area contributed by atoms with E-state index in [1.54, 1.807) is 0 Å². The maximum absolute atomic E-state index is 13.2. The van der Waals surface area contributed by atoms with Gasteiger partial charge in [0.2, 0.25) is 0 Å². The van der Waals surface area contributed by atoms with Crippen LogP contribution >= 0.6 is 0 Å². The molecule has 1 amide bonds. The molecule has 0 saturated carbocycles. The van der Waals surface area contributed by atoms with Gasteiger partial charge >= 0.3 is 0 Å². The molecule has 0 saturated heterocycles. The normalized spacial score (nSPS) is 12.0. The Morgan fingerprint density at radius 1 is 1.09 bits per heavy atom. The van der Waals surface area contributed by atoms with Gasteiger partial charge in [-0.05, 0) is 30.5 Å². The first-order valence-electron chi connectivity index (χ1n) is 7.03. The SMILES string of the molecule is O=C(NC(CCCO)c1ccccc1)c1cc(F)cc(F)c1. The van der Waals surface area contributed by atoms with E-state index in [-0.39, 0.29) is 18.2 Å². The number of carbonyl (C=O) groups excluding carboxylic acids is 1. The molecule has 0 aliphatic carbocycles. The minimum atomic E-state index is -0.795. The molecule has 0 heterocycles. The first kappa shape index (κ1) is 16.1. The lowest BCUT2D eigenvalue weighted by molar-refractivity contribution is 0.0931. The third-order valence-corrected chi connectivity index (χ3v) is 3.28. The molecule has 0 aliphatic rings. The van der Waals surface area contributed by atoms with E-state index in [1.165, 1.54) is 0 Å². The van der Waals surface area contributed by atoms with Gasteiger partial charge in [-0.3, -0.25) is 4.79 Å². The van der Waals surface area contributed by atoms with E-state index < -0.39 is 17.5 Å². The number of amides is 1. The Kier molecular flexibility index (Phi) is 5.61. The van der Waals surface area contributed by atoms with Gasteiger partial charge in [-0.1, -0.05) is 30.3 Å². The lowest BCUT2D eigenvalue weighted by Gasteiger charge is -2.19. The van der Waals surface area contributed by atoms with Crippen LogP contribution < -0.4 is 5.32 Å². The standard InChI is InChI=1S/C17H17F2NO2/c18-14-9-13(10-15(19)11-14)17(22)20-16(7-4-8-21)12-5-2-1-3-6-12/h1-3,5-6,9-11,16,21H,4,7-8H2,(H,20,22). The van der Waals surface area contributed by atoms with E-state index in [2.05, 4.69) is 5.32 Å². The predicted octanol–water partition coefficient (Wildman–Crippen LogP) is 3.21. The van der Waals surface area contributed by atoms with Crippen LogP contribution in [-0.2, 0) is 0 Å². The highest BCUT2D eigenvalue weighted by molar-refractivity contribution is 5.94. The summed E-state index contributed by atoms with van der Waals surface area (Å²) < 4.78 is 26.4. The summed E-state index contributed by atoms with van der Waals surface area (Å²) in [6.45, 7) is 0.00774. The van der Waals surface area contributed by atoms with Crippen molar-refractivity contribution in [3.63, 3.8) is 0 Å². The molecule has 0 radical (unpaired) electrons. The number of benzene rings is 2. The van der Waals surface area contributed by atoms with Crippen LogP contribution in [0, 0.1) is 11.6 Å². The van der Waals surface area contributed by atoms with E-state index in [1.807, 2.05) is 30.3 Å². The second-order valence-corrected chi connectivity index (χ2v) is 4.96. The summed E-state index contributed by atoms with van der Waals surface area (Å²) in [4.78, 5) is 12.2. The van der Waals surface area contributed by atoms with Crippen LogP contribution in [-0.4, -0.2) is 17.6 Å². The topological polar surface area (TPSA) is 49.3 Å². The second-order valence-electron chi connectivity index (χ2n) is 4.96. The Hall–Kier alpha value is -2.27. The van der Waals surface area contributed by atoms with E-state index >= 15 is 0 Å². The molecule has 2 N–H and O–H groups in total. The molecule has 0 aromatic heterocycles. The fourth-order valence-corrected chi connectivity index (χ4v) is 2.23. The van der Waals surface area contributed by atoms with Gasteiger partial charge in [0.05, 0.1) is 6.04 Å². The van der Waals surface area contributed by atoms with Gasteiger partial charge in [-0.15, -0.1) is 0 Å². The number of hydrogen-bond donors (Lipinski definition) is 2. The average Bonchev–Trinajstić information content (AvgIpc) is 2.51. The number of hydrogen-bond acceptors (Lipinski definition) is 2. The summed E-state index contributed by atoms with van der Waals surface area (Å²) in [6, 6.07) is 11.6. The molecule has 2 rings (SSSR count). The molecule has 1 unspecified atom stereocenters. The minimum Gasteiger partial charge on any atom is -0.396 e. The van der Waals surface area contributed by atoms with Gasteiger partial charge in [-0.2, -0.15) is 0 Å². The minimum absolute atomic E-state index is 0.00774. The molecule has 22 heavy (non-hydrogen) atoms. The van der Waals surface area contributed by atoms with Gasteiger partial charge in [0.25, 0.3) is 5.91 Å². The Balaban J connectivity index is 2.17. The number of rotatable bonds is 6. The van der Waals surface area contributed by atoms with Crippen molar-refractivity contribution in [3.05, 3.63) is 71.3 Å². The van der Waals surface area contributed by atoms with Crippen molar-refractivity contribution in [2.24, 2.45) is 0 Å². The molecule has 0 spiro atoms. The van der Waals surface area contributed by atoms with Crippen molar-refractivity contribution >= 4 is 5.91 Å². The fraction of sp³-hybridized carbons (Fsp3) is 0.235. The molecule has 5 heteroatoms. The summed E-state index contributed by atoms with van der Waals surface area (Å²) in [5, 5.41) is 11.7. The number of aliphatic hydroxyl groups is 1. The molecule has 3 nitrogen and oxygen atoms in total. The lowest BCUT2D eigenvalue weighted by Crippen LogP contribution is -2.29. The maximum atomic E-state index is 13.2. The highest BCUT2D eigenvalue weighted by Crippen LogP contribution is 2.19. The van der Waals surface area contributed by atoms with Crippen LogP contribution in [0.15, 0.2) is 48.5 Å². The van der Waals surface area contributed by atoms with Crippen molar-refractivity contribution in [2.75, 3.05) is 6.61 Å². The highest BCUT2D eigenvalue weighted by Gasteiger charge is 2.16.